The van der Waals surface area contributed by atoms with Gasteiger partial charge >= 0.3 is 0 Å². The molecule has 0 N–H and O–H groups in total. The maximum absolute atomic E-state index is 5.15. The fourth-order valence-corrected chi connectivity index (χ4v) is 8.95. The summed E-state index contributed by atoms with van der Waals surface area (Å²) in [5, 5.41) is 4.72. The van der Waals surface area contributed by atoms with Gasteiger partial charge in [-0.2, -0.15) is 0 Å². The fourth-order valence-electron chi connectivity index (χ4n) is 8.95. The molecule has 8 aromatic carbocycles. The van der Waals surface area contributed by atoms with Crippen LogP contribution < -0.4 is 0 Å². The van der Waals surface area contributed by atoms with E-state index >= 15 is 0 Å². The maximum Gasteiger partial charge on any atom is 0.160 e. The first-order chi connectivity index (χ1) is 30.1. The van der Waals surface area contributed by atoms with Crippen LogP contribution >= 0.6 is 0 Å². The fraction of sp³-hybridized carbons (Fsp3) is 0.0877. The van der Waals surface area contributed by atoms with Gasteiger partial charge in [0.15, 0.2) is 11.6 Å². The first-order valence-electron chi connectivity index (χ1n) is 21.2. The minimum Gasteiger partial charge on any atom is -0.228 e. The summed E-state index contributed by atoms with van der Waals surface area (Å²) in [6, 6.07) is 72.7. The van der Waals surface area contributed by atoms with Gasteiger partial charge in [-0.3, -0.25) is 0 Å². The number of hydrogen-bond donors (Lipinski definition) is 0. The number of aromatic nitrogens is 4. The quantitative estimate of drug-likeness (QED) is 0.139. The Balaban J connectivity index is 1.02. The molecule has 0 radical (unpaired) electrons. The lowest BCUT2D eigenvalue weighted by Crippen LogP contribution is -2.26. The van der Waals surface area contributed by atoms with Crippen LogP contribution in [0.2, 0.25) is 0 Å². The van der Waals surface area contributed by atoms with Gasteiger partial charge in [0.25, 0.3) is 0 Å². The standard InChI is InChI=1S/C57H44N4/c1-3-57(4-2,45-33-29-41(30-34-45)51-37-53(60-55(58-51)43-19-7-5-8-20-43)49-27-15-23-39-17-11-13-25-47(39)49)46-35-31-42(32-36-46)52-38-54(61-56(59-52)44-21-9-6-10-22-44)50-28-16-24-40-18-12-14-26-48(40)50/h5-38H,3-4H2,1-2H3. The van der Waals surface area contributed by atoms with Crippen LogP contribution in [0.15, 0.2) is 206 Å². The van der Waals surface area contributed by atoms with Gasteiger partial charge in [-0.25, -0.2) is 19.9 Å². The molecule has 0 aliphatic heterocycles. The largest absolute Gasteiger partial charge is 0.228 e. The SMILES string of the molecule is CCC(CC)(c1ccc(-c2cc(-c3cccc4ccccc34)nc(-c3ccccc3)n2)cc1)c1ccc(-c2cc(-c3cccc4ccccc34)nc(-c3ccccc3)n2)cc1. The summed E-state index contributed by atoms with van der Waals surface area (Å²) in [6.07, 6.45) is 1.91. The van der Waals surface area contributed by atoms with E-state index < -0.39 is 0 Å². The predicted octanol–water partition coefficient (Wildman–Crippen LogP) is 14.7. The third kappa shape index (κ3) is 7.17. The van der Waals surface area contributed by atoms with Gasteiger partial charge in [0, 0.05) is 38.8 Å². The van der Waals surface area contributed by atoms with Crippen LogP contribution in [-0.4, -0.2) is 19.9 Å². The van der Waals surface area contributed by atoms with Crippen molar-refractivity contribution in [1.82, 2.24) is 19.9 Å². The highest BCUT2D eigenvalue weighted by atomic mass is 14.9. The Bertz CT molecular complexity index is 2910. The Hall–Kier alpha value is -7.56. The van der Waals surface area contributed by atoms with E-state index in [1.165, 1.54) is 32.7 Å². The average Bonchev–Trinajstić information content (AvgIpc) is 3.35. The van der Waals surface area contributed by atoms with Gasteiger partial charge in [0.1, 0.15) is 0 Å². The zero-order valence-corrected chi connectivity index (χ0v) is 34.3. The predicted molar refractivity (Wildman–Crippen MR) is 253 cm³/mol. The van der Waals surface area contributed by atoms with Crippen molar-refractivity contribution in [2.75, 3.05) is 0 Å². The smallest absolute Gasteiger partial charge is 0.160 e. The monoisotopic (exact) mass is 784 g/mol. The van der Waals surface area contributed by atoms with Crippen LogP contribution in [0.4, 0.5) is 0 Å². The number of rotatable bonds is 10. The molecule has 10 aromatic rings. The Morgan fingerprint density at radius 3 is 1.10 bits per heavy atom. The number of hydrogen-bond acceptors (Lipinski definition) is 4. The van der Waals surface area contributed by atoms with Gasteiger partial charge < -0.3 is 0 Å². The summed E-state index contributed by atoms with van der Waals surface area (Å²) in [5.74, 6) is 1.43. The number of nitrogens with zero attached hydrogens (tertiary/aromatic N) is 4. The lowest BCUT2D eigenvalue weighted by Gasteiger charge is -2.33. The van der Waals surface area contributed by atoms with Crippen LogP contribution in [0.25, 0.3) is 89.4 Å². The molecule has 0 amide bonds. The maximum atomic E-state index is 5.15. The molecule has 0 aliphatic carbocycles. The Kier molecular flexibility index (Phi) is 10.0. The third-order valence-electron chi connectivity index (χ3n) is 12.3. The molecule has 292 valence electrons. The van der Waals surface area contributed by atoms with Crippen molar-refractivity contribution < 1.29 is 0 Å². The van der Waals surface area contributed by atoms with E-state index in [1.54, 1.807) is 0 Å². The summed E-state index contributed by atoms with van der Waals surface area (Å²) >= 11 is 0. The minimum absolute atomic E-state index is 0.180. The second-order valence-corrected chi connectivity index (χ2v) is 15.7. The highest BCUT2D eigenvalue weighted by molar-refractivity contribution is 5.97. The second-order valence-electron chi connectivity index (χ2n) is 15.7. The van der Waals surface area contributed by atoms with Crippen LogP contribution in [0.1, 0.15) is 37.8 Å². The van der Waals surface area contributed by atoms with Crippen LogP contribution in [0.3, 0.4) is 0 Å². The Morgan fingerprint density at radius 1 is 0.328 bits per heavy atom. The summed E-state index contributed by atoms with van der Waals surface area (Å²) in [4.78, 5) is 20.6. The zero-order chi connectivity index (χ0) is 41.2. The lowest BCUT2D eigenvalue weighted by molar-refractivity contribution is 0.478. The molecule has 0 unspecified atom stereocenters. The molecule has 0 saturated carbocycles. The van der Waals surface area contributed by atoms with Crippen molar-refractivity contribution >= 4 is 21.5 Å². The van der Waals surface area contributed by atoms with Crippen molar-refractivity contribution in [3.63, 3.8) is 0 Å². The van der Waals surface area contributed by atoms with E-state index in [0.29, 0.717) is 11.6 Å². The van der Waals surface area contributed by atoms with E-state index in [-0.39, 0.29) is 5.41 Å². The van der Waals surface area contributed by atoms with E-state index in [4.69, 9.17) is 19.9 Å². The second kappa shape index (κ2) is 16.2. The number of fused-ring (bicyclic) bond motifs is 2. The molecule has 2 heterocycles. The molecule has 0 bridgehead atoms. The molecular weight excluding hydrogens is 741 g/mol. The average molecular weight is 785 g/mol. The Morgan fingerprint density at radius 2 is 0.689 bits per heavy atom. The molecule has 0 aliphatic rings. The first kappa shape index (κ1) is 37.7. The van der Waals surface area contributed by atoms with Crippen molar-refractivity contribution in [2.45, 2.75) is 32.1 Å². The zero-order valence-electron chi connectivity index (χ0n) is 34.3. The van der Waals surface area contributed by atoms with Crippen molar-refractivity contribution in [3.8, 4) is 67.8 Å². The topological polar surface area (TPSA) is 51.6 Å². The normalized spacial score (nSPS) is 11.6. The van der Waals surface area contributed by atoms with Crippen molar-refractivity contribution in [3.05, 3.63) is 217 Å². The van der Waals surface area contributed by atoms with E-state index in [0.717, 1.165) is 69.0 Å². The summed E-state index contributed by atoms with van der Waals surface area (Å²) in [7, 11) is 0. The van der Waals surface area contributed by atoms with Crippen LogP contribution in [0.5, 0.6) is 0 Å². The van der Waals surface area contributed by atoms with Crippen molar-refractivity contribution in [1.29, 1.82) is 0 Å². The van der Waals surface area contributed by atoms with E-state index in [2.05, 4.69) is 184 Å². The van der Waals surface area contributed by atoms with Crippen molar-refractivity contribution in [2.24, 2.45) is 0 Å². The molecule has 0 fully saturated rings. The van der Waals surface area contributed by atoms with Crippen LogP contribution in [0, 0.1) is 0 Å². The first-order valence-corrected chi connectivity index (χ1v) is 21.2. The van der Waals surface area contributed by atoms with Gasteiger partial charge in [-0.15, -0.1) is 0 Å². The third-order valence-corrected chi connectivity index (χ3v) is 12.3. The molecule has 4 heteroatoms. The summed E-state index contributed by atoms with van der Waals surface area (Å²) in [5.41, 5.74) is 12.3. The molecule has 10 rings (SSSR count). The van der Waals surface area contributed by atoms with E-state index in [9.17, 15) is 0 Å². The summed E-state index contributed by atoms with van der Waals surface area (Å²) in [6.45, 7) is 4.59. The van der Waals surface area contributed by atoms with Crippen LogP contribution in [-0.2, 0) is 5.41 Å². The molecule has 2 aromatic heterocycles. The van der Waals surface area contributed by atoms with Gasteiger partial charge in [0.05, 0.1) is 22.8 Å². The lowest BCUT2D eigenvalue weighted by atomic mass is 9.70. The summed E-state index contributed by atoms with van der Waals surface area (Å²) < 4.78 is 0. The molecule has 4 nitrogen and oxygen atoms in total. The molecule has 0 atom stereocenters. The molecular formula is C57H44N4. The number of benzene rings is 8. The van der Waals surface area contributed by atoms with Gasteiger partial charge in [-0.1, -0.05) is 208 Å². The molecule has 0 saturated heterocycles. The highest BCUT2D eigenvalue weighted by Gasteiger charge is 2.31. The molecule has 61 heavy (non-hydrogen) atoms. The Labute approximate surface area is 357 Å². The van der Waals surface area contributed by atoms with Gasteiger partial charge in [-0.05, 0) is 57.6 Å². The minimum atomic E-state index is -0.180. The van der Waals surface area contributed by atoms with E-state index in [1.807, 2.05) is 36.4 Å². The van der Waals surface area contributed by atoms with Gasteiger partial charge in [0.2, 0.25) is 0 Å². The molecule has 0 spiro atoms. The highest BCUT2D eigenvalue weighted by Crippen LogP contribution is 2.41.